The predicted molar refractivity (Wildman–Crippen MR) is 209 cm³/mol. The number of rotatable bonds is 10. The van der Waals surface area contributed by atoms with Crippen LogP contribution >= 0.6 is 0 Å². The molecule has 0 amide bonds. The van der Waals surface area contributed by atoms with Crippen LogP contribution in [0.1, 0.15) is 95.4 Å². The van der Waals surface area contributed by atoms with Crippen LogP contribution < -0.4 is 0 Å². The molecule has 0 aromatic heterocycles. The fourth-order valence-electron chi connectivity index (χ4n) is 7.90. The molecule has 55 heavy (non-hydrogen) atoms. The second-order valence-electron chi connectivity index (χ2n) is 15.6. The van der Waals surface area contributed by atoms with Gasteiger partial charge in [-0.05, 0) is 45.6 Å². The molecule has 0 spiro atoms. The molecule has 14 atom stereocenters. The zero-order chi connectivity index (χ0) is 41.8. The van der Waals surface area contributed by atoms with Gasteiger partial charge in [-0.3, -0.25) is 9.59 Å². The van der Waals surface area contributed by atoms with Crippen molar-refractivity contribution in [1.29, 1.82) is 0 Å². The van der Waals surface area contributed by atoms with Crippen LogP contribution in [-0.2, 0) is 42.8 Å². The van der Waals surface area contributed by atoms with Crippen LogP contribution in [0.3, 0.4) is 0 Å². The minimum absolute atomic E-state index is 0.0834. The Hall–Kier alpha value is -3.29. The third-order valence-electron chi connectivity index (χ3n) is 11.1. The number of carbonyl (C=O) groups is 3. The van der Waals surface area contributed by atoms with Crippen molar-refractivity contribution >= 4 is 17.9 Å². The Bertz CT molecular complexity index is 1430. The number of methoxy groups -OCH3 is 2. The van der Waals surface area contributed by atoms with Crippen LogP contribution in [0.15, 0.2) is 59.4 Å². The molecule has 0 bridgehead atoms. The van der Waals surface area contributed by atoms with Crippen molar-refractivity contribution in [2.45, 2.75) is 144 Å². The molecular formula is C43H68O12. The van der Waals surface area contributed by atoms with Gasteiger partial charge in [0, 0.05) is 57.0 Å². The third kappa shape index (κ3) is 13.1. The predicted octanol–water partition coefficient (Wildman–Crippen LogP) is 6.14. The van der Waals surface area contributed by atoms with Gasteiger partial charge >= 0.3 is 17.9 Å². The first-order valence-electron chi connectivity index (χ1n) is 19.5. The second kappa shape index (κ2) is 21.9. The van der Waals surface area contributed by atoms with Crippen LogP contribution in [0.25, 0.3) is 0 Å². The Kier molecular flexibility index (Phi) is 19.0. The first kappa shape index (κ1) is 47.9. The molecule has 0 aromatic rings. The van der Waals surface area contributed by atoms with Crippen LogP contribution in [0.2, 0.25) is 0 Å². The van der Waals surface area contributed by atoms with E-state index >= 15 is 0 Å². The number of cyclic esters (lactones) is 1. The van der Waals surface area contributed by atoms with Gasteiger partial charge in [-0.15, -0.1) is 0 Å². The van der Waals surface area contributed by atoms with Gasteiger partial charge in [-0.2, -0.15) is 0 Å². The lowest BCUT2D eigenvalue weighted by Gasteiger charge is -2.48. The van der Waals surface area contributed by atoms with E-state index in [1.165, 1.54) is 34.1 Å². The van der Waals surface area contributed by atoms with E-state index in [0.717, 1.165) is 5.57 Å². The van der Waals surface area contributed by atoms with E-state index in [1.807, 2.05) is 53.7 Å². The van der Waals surface area contributed by atoms with Crippen LogP contribution in [-0.4, -0.2) is 96.0 Å². The lowest BCUT2D eigenvalue weighted by atomic mass is 9.77. The quantitative estimate of drug-likeness (QED) is 0.132. The number of ether oxygens (including phenoxy) is 6. The van der Waals surface area contributed by atoms with Gasteiger partial charge in [0.25, 0.3) is 0 Å². The third-order valence-corrected chi connectivity index (χ3v) is 11.1. The lowest BCUT2D eigenvalue weighted by molar-refractivity contribution is -0.314. The molecule has 312 valence electrons. The number of esters is 3. The van der Waals surface area contributed by atoms with E-state index in [1.54, 1.807) is 45.1 Å². The van der Waals surface area contributed by atoms with Gasteiger partial charge in [-0.1, -0.05) is 89.1 Å². The molecule has 0 saturated carbocycles. The number of aliphatic hydroxyl groups is 3. The molecule has 12 heteroatoms. The molecule has 3 N–H and O–H groups in total. The van der Waals surface area contributed by atoms with E-state index in [-0.39, 0.29) is 35.9 Å². The lowest BCUT2D eigenvalue weighted by Crippen LogP contribution is -2.58. The van der Waals surface area contributed by atoms with Crippen molar-refractivity contribution in [2.75, 3.05) is 14.2 Å². The summed E-state index contributed by atoms with van der Waals surface area (Å²) >= 11 is 0. The van der Waals surface area contributed by atoms with E-state index in [2.05, 4.69) is 0 Å². The Labute approximate surface area is 328 Å². The molecule has 1 fully saturated rings. The summed E-state index contributed by atoms with van der Waals surface area (Å²) in [6.45, 7) is 19.2. The summed E-state index contributed by atoms with van der Waals surface area (Å²) in [6.07, 6.45) is 7.38. The molecule has 1 saturated heterocycles. The molecule has 12 nitrogen and oxygen atoms in total. The summed E-state index contributed by atoms with van der Waals surface area (Å²) in [5.41, 5.74) is 1.59. The Balaban J connectivity index is 2.66. The highest BCUT2D eigenvalue weighted by atomic mass is 16.6. The zero-order valence-electron chi connectivity index (χ0n) is 35.2. The topological polar surface area (TPSA) is 167 Å². The van der Waals surface area contributed by atoms with Crippen molar-refractivity contribution in [3.8, 4) is 0 Å². The Morgan fingerprint density at radius 2 is 1.73 bits per heavy atom. The van der Waals surface area contributed by atoms with Crippen molar-refractivity contribution in [3.63, 3.8) is 0 Å². The summed E-state index contributed by atoms with van der Waals surface area (Å²) in [5, 5.41) is 35.5. The van der Waals surface area contributed by atoms with Gasteiger partial charge < -0.3 is 43.7 Å². The molecule has 2 unspecified atom stereocenters. The fourth-order valence-corrected chi connectivity index (χ4v) is 7.90. The maximum Gasteiger partial charge on any atom is 0.373 e. The first-order valence-corrected chi connectivity index (χ1v) is 19.5. The van der Waals surface area contributed by atoms with Crippen LogP contribution in [0.5, 0.6) is 0 Å². The Morgan fingerprint density at radius 1 is 1.09 bits per heavy atom. The van der Waals surface area contributed by atoms with Crippen molar-refractivity contribution in [1.82, 2.24) is 0 Å². The summed E-state index contributed by atoms with van der Waals surface area (Å²) in [7, 11) is 2.81. The SMILES string of the molecule is C/C=C/[C@H]1O[C@@](O)([C@@H](C)[C@H](O)[C@H](C)[C@H]2OC(=O)/C(OC)=C/C(C)=C/[C@@H](C)C(O)[C@@H](CC)C(OC(C)=O)[C@H](C)C/C(C)=C/C=C/[C@@H]2OC)C[C@@H](OC(C)=O)[C@@H]1C. The summed E-state index contributed by atoms with van der Waals surface area (Å²) in [5.74, 6) is -6.70. The fraction of sp³-hybridized carbons (Fsp3) is 0.698. The smallest absolute Gasteiger partial charge is 0.373 e. The zero-order valence-corrected chi connectivity index (χ0v) is 35.2. The molecule has 0 aromatic carbocycles. The highest BCUT2D eigenvalue weighted by Gasteiger charge is 2.52. The summed E-state index contributed by atoms with van der Waals surface area (Å²) in [6, 6.07) is 0. The number of allylic oxidation sites excluding steroid dienone is 6. The highest BCUT2D eigenvalue weighted by molar-refractivity contribution is 5.87. The monoisotopic (exact) mass is 776 g/mol. The second-order valence-corrected chi connectivity index (χ2v) is 15.6. The summed E-state index contributed by atoms with van der Waals surface area (Å²) < 4.78 is 35.2. The maximum atomic E-state index is 13.8. The maximum absolute atomic E-state index is 13.8. The molecule has 2 rings (SSSR count). The average Bonchev–Trinajstić information content (AvgIpc) is 3.11. The number of carbonyl (C=O) groups excluding carboxylic acids is 3. The molecule has 0 radical (unpaired) electrons. The minimum Gasteiger partial charge on any atom is -0.490 e. The van der Waals surface area contributed by atoms with E-state index in [9.17, 15) is 29.7 Å². The normalized spacial score (nSPS) is 38.3. The number of hydrogen-bond acceptors (Lipinski definition) is 12. The van der Waals surface area contributed by atoms with Gasteiger partial charge in [0.05, 0.1) is 25.4 Å². The largest absolute Gasteiger partial charge is 0.490 e. The molecular weight excluding hydrogens is 708 g/mol. The first-order chi connectivity index (χ1) is 25.7. The van der Waals surface area contributed by atoms with E-state index < -0.39 is 78.3 Å². The van der Waals surface area contributed by atoms with Crippen molar-refractivity contribution in [3.05, 3.63) is 59.4 Å². The average molecular weight is 777 g/mol. The van der Waals surface area contributed by atoms with Crippen molar-refractivity contribution < 1.29 is 58.1 Å². The molecule has 2 aliphatic rings. The number of aliphatic hydroxyl groups excluding tert-OH is 2. The van der Waals surface area contributed by atoms with Gasteiger partial charge in [-0.25, -0.2) is 4.79 Å². The molecule has 0 aliphatic carbocycles. The van der Waals surface area contributed by atoms with Crippen LogP contribution in [0.4, 0.5) is 0 Å². The minimum atomic E-state index is -1.92. The van der Waals surface area contributed by atoms with Crippen molar-refractivity contribution in [2.24, 2.45) is 35.5 Å². The van der Waals surface area contributed by atoms with Gasteiger partial charge in [0.2, 0.25) is 5.76 Å². The standard InChI is InChI=1S/C43H68O12/c1-14-17-34-28(7)37(52-31(10)44)23-43(49,55-34)30(9)39(47)29(8)41-35(50-12)19-16-18-24(3)20-27(6)40(53-32(11)45)33(15-2)38(46)26(5)21-25(4)22-36(51-13)42(48)54-41/h14,16-19,21-22,26-30,33-35,37-41,46-47,49H,15,20,23H2,1-13H3/b17-14+,19-16+,24-18+,25-21+,36-22-/t26-,27-,28-,29+,30+,33-,34-,35+,37-,38?,39-,40?,41-,43-/m1/s1. The molecule has 2 aliphatic heterocycles. The molecule has 2 heterocycles. The van der Waals surface area contributed by atoms with Gasteiger partial charge in [0.1, 0.15) is 24.4 Å². The van der Waals surface area contributed by atoms with E-state index in [0.29, 0.717) is 18.4 Å². The van der Waals surface area contributed by atoms with E-state index in [4.69, 9.17) is 28.4 Å². The van der Waals surface area contributed by atoms with Gasteiger partial charge in [0.15, 0.2) is 5.79 Å². The Morgan fingerprint density at radius 3 is 2.27 bits per heavy atom. The summed E-state index contributed by atoms with van der Waals surface area (Å²) in [4.78, 5) is 38.1. The highest BCUT2D eigenvalue weighted by Crippen LogP contribution is 2.41. The van der Waals surface area contributed by atoms with Crippen LogP contribution in [0, 0.1) is 35.5 Å². The number of hydrogen-bond donors (Lipinski definition) is 3.